The zero-order valence-corrected chi connectivity index (χ0v) is 16.1. The molecular weight excluding hydrogens is 400 g/mol. The van der Waals surface area contributed by atoms with Gasteiger partial charge in [-0.3, -0.25) is 9.48 Å². The normalized spacial score (nSPS) is 13.3. The van der Waals surface area contributed by atoms with Crippen molar-refractivity contribution in [3.63, 3.8) is 0 Å². The molecule has 0 unspecified atom stereocenters. The van der Waals surface area contributed by atoms with Gasteiger partial charge >= 0.3 is 0 Å². The fourth-order valence-corrected chi connectivity index (χ4v) is 3.02. The maximum absolute atomic E-state index is 13.7. The number of nitrogens with one attached hydrogen (secondary N) is 1. The highest BCUT2D eigenvalue weighted by Gasteiger charge is 2.22. The summed E-state index contributed by atoms with van der Waals surface area (Å²) < 4.78 is 34.8. The molecule has 1 aromatic heterocycles. The average molecular weight is 418 g/mol. The minimum absolute atomic E-state index is 0.176. The monoisotopic (exact) mass is 417 g/mol. The number of carbonyl (C=O) groups excluding carboxylic acids is 1. The molecule has 2 aromatic carbocycles. The topological polar surface area (TPSA) is 56.2 Å². The number of carbonyl (C=O) groups is 1. The van der Waals surface area contributed by atoms with Gasteiger partial charge in [0.25, 0.3) is 5.91 Å². The summed E-state index contributed by atoms with van der Waals surface area (Å²) in [5.41, 5.74) is 0.159. The lowest BCUT2D eigenvalue weighted by Crippen LogP contribution is -2.16. The smallest absolute Gasteiger partial charge is 0.262 e. The first-order chi connectivity index (χ1) is 14.0. The third kappa shape index (κ3) is 4.74. The number of hydrogen-bond acceptors (Lipinski definition) is 3. The Bertz CT molecular complexity index is 1030. The lowest BCUT2D eigenvalue weighted by atomic mass is 10.2. The number of aromatic nitrogens is 2. The van der Waals surface area contributed by atoms with E-state index < -0.39 is 23.1 Å². The highest BCUT2D eigenvalue weighted by molar-refractivity contribution is 6.31. The summed E-state index contributed by atoms with van der Waals surface area (Å²) >= 11 is 6.28. The Morgan fingerprint density at radius 3 is 2.69 bits per heavy atom. The highest BCUT2D eigenvalue weighted by atomic mass is 35.5. The second kappa shape index (κ2) is 8.21. The van der Waals surface area contributed by atoms with Crippen molar-refractivity contribution in [1.29, 1.82) is 0 Å². The SMILES string of the molecule is O=C(Nc1ccn(Cc2cc(OCC3CC3)ccc2Cl)n1)c1c(F)cccc1F. The summed E-state index contributed by atoms with van der Waals surface area (Å²) in [6.45, 7) is 1.05. The van der Waals surface area contributed by atoms with Crippen LogP contribution >= 0.6 is 11.6 Å². The van der Waals surface area contributed by atoms with Gasteiger partial charge in [0.15, 0.2) is 5.82 Å². The van der Waals surface area contributed by atoms with Crippen molar-refractivity contribution in [2.24, 2.45) is 5.92 Å². The largest absolute Gasteiger partial charge is 0.493 e. The molecule has 4 rings (SSSR count). The molecule has 0 radical (unpaired) electrons. The molecule has 3 aromatic rings. The van der Waals surface area contributed by atoms with Crippen LogP contribution in [0.3, 0.4) is 0 Å². The van der Waals surface area contributed by atoms with Gasteiger partial charge in [0.1, 0.15) is 22.9 Å². The van der Waals surface area contributed by atoms with Crippen molar-refractivity contribution in [3.05, 3.63) is 76.4 Å². The Balaban J connectivity index is 1.44. The van der Waals surface area contributed by atoms with Gasteiger partial charge in [-0.25, -0.2) is 8.78 Å². The van der Waals surface area contributed by atoms with E-state index in [1.807, 2.05) is 12.1 Å². The number of amides is 1. The third-order valence-corrected chi connectivity index (χ3v) is 4.97. The van der Waals surface area contributed by atoms with Crippen LogP contribution in [0, 0.1) is 17.6 Å². The van der Waals surface area contributed by atoms with Crippen LogP contribution in [0.1, 0.15) is 28.8 Å². The summed E-state index contributed by atoms with van der Waals surface area (Å²) in [4.78, 5) is 12.2. The van der Waals surface area contributed by atoms with Gasteiger partial charge in [-0.1, -0.05) is 17.7 Å². The van der Waals surface area contributed by atoms with Crippen molar-refractivity contribution in [1.82, 2.24) is 9.78 Å². The predicted molar refractivity (Wildman–Crippen MR) is 105 cm³/mol. The molecule has 0 spiro atoms. The van der Waals surface area contributed by atoms with Crippen LogP contribution in [-0.4, -0.2) is 22.3 Å². The molecule has 29 heavy (non-hydrogen) atoms. The van der Waals surface area contributed by atoms with Gasteiger partial charge < -0.3 is 10.1 Å². The van der Waals surface area contributed by atoms with Crippen LogP contribution in [0.2, 0.25) is 5.02 Å². The molecule has 0 atom stereocenters. The predicted octanol–water partition coefficient (Wildman–Crippen LogP) is 4.90. The fraction of sp³-hybridized carbons (Fsp3) is 0.238. The van der Waals surface area contributed by atoms with E-state index >= 15 is 0 Å². The van der Waals surface area contributed by atoms with E-state index in [9.17, 15) is 13.6 Å². The molecule has 1 aliphatic rings. The first kappa shape index (κ1) is 19.4. The van der Waals surface area contributed by atoms with E-state index in [0.29, 0.717) is 24.1 Å². The fourth-order valence-electron chi connectivity index (χ4n) is 2.85. The molecule has 5 nitrogen and oxygen atoms in total. The summed E-state index contributed by atoms with van der Waals surface area (Å²) in [6.07, 6.45) is 4.05. The molecule has 150 valence electrons. The van der Waals surface area contributed by atoms with Crippen LogP contribution in [0.25, 0.3) is 0 Å². The molecule has 0 aliphatic heterocycles. The van der Waals surface area contributed by atoms with E-state index in [4.69, 9.17) is 16.3 Å². The Labute approximate surface area is 171 Å². The third-order valence-electron chi connectivity index (χ3n) is 4.60. The van der Waals surface area contributed by atoms with Gasteiger partial charge in [0, 0.05) is 17.3 Å². The minimum atomic E-state index is -0.934. The van der Waals surface area contributed by atoms with Crippen molar-refractivity contribution >= 4 is 23.3 Å². The van der Waals surface area contributed by atoms with Gasteiger partial charge in [-0.05, 0) is 54.7 Å². The summed E-state index contributed by atoms with van der Waals surface area (Å²) in [5.74, 6) is -1.21. The van der Waals surface area contributed by atoms with Crippen LogP contribution in [0.4, 0.5) is 14.6 Å². The molecule has 1 saturated carbocycles. The number of benzene rings is 2. The Morgan fingerprint density at radius 1 is 1.21 bits per heavy atom. The van der Waals surface area contributed by atoms with E-state index in [1.165, 1.54) is 25.0 Å². The summed E-state index contributed by atoms with van der Waals surface area (Å²) in [7, 11) is 0. The van der Waals surface area contributed by atoms with Gasteiger partial charge in [0.2, 0.25) is 0 Å². The molecule has 1 fully saturated rings. The van der Waals surface area contributed by atoms with Crippen LogP contribution in [0.15, 0.2) is 48.7 Å². The van der Waals surface area contributed by atoms with Crippen molar-refractivity contribution < 1.29 is 18.3 Å². The molecule has 1 heterocycles. The van der Waals surface area contributed by atoms with Crippen molar-refractivity contribution in [2.75, 3.05) is 11.9 Å². The second-order valence-electron chi connectivity index (χ2n) is 6.96. The van der Waals surface area contributed by atoms with Gasteiger partial charge in [0.05, 0.1) is 13.2 Å². The van der Waals surface area contributed by atoms with E-state index in [2.05, 4.69) is 10.4 Å². The maximum Gasteiger partial charge on any atom is 0.262 e. The summed E-state index contributed by atoms with van der Waals surface area (Å²) in [5, 5.41) is 7.20. The van der Waals surface area contributed by atoms with Crippen LogP contribution in [0.5, 0.6) is 5.75 Å². The molecule has 0 bridgehead atoms. The molecule has 1 aliphatic carbocycles. The number of anilines is 1. The molecule has 1 N–H and O–H groups in total. The molecule has 0 saturated heterocycles. The number of hydrogen-bond donors (Lipinski definition) is 1. The zero-order chi connectivity index (χ0) is 20.4. The minimum Gasteiger partial charge on any atom is -0.493 e. The highest BCUT2D eigenvalue weighted by Crippen LogP contribution is 2.30. The first-order valence-electron chi connectivity index (χ1n) is 9.19. The van der Waals surface area contributed by atoms with Crippen LogP contribution in [-0.2, 0) is 6.54 Å². The van der Waals surface area contributed by atoms with E-state index in [1.54, 1.807) is 16.9 Å². The number of nitrogens with zero attached hydrogens (tertiary/aromatic N) is 2. The van der Waals surface area contributed by atoms with Crippen molar-refractivity contribution in [3.8, 4) is 5.75 Å². The summed E-state index contributed by atoms with van der Waals surface area (Å²) in [6, 6.07) is 10.2. The lowest BCUT2D eigenvalue weighted by molar-refractivity contribution is 0.101. The van der Waals surface area contributed by atoms with Crippen molar-refractivity contribution in [2.45, 2.75) is 19.4 Å². The standard InChI is InChI=1S/C21H18ClF2N3O2/c22-16-7-6-15(29-12-13-4-5-13)10-14(16)11-27-9-8-19(26-27)25-21(28)20-17(23)2-1-3-18(20)24/h1-3,6-10,13H,4-5,11-12H2,(H,25,26,28). The molecular formula is C21H18ClF2N3O2. The van der Waals surface area contributed by atoms with E-state index in [0.717, 1.165) is 23.4 Å². The van der Waals surface area contributed by atoms with Crippen LogP contribution < -0.4 is 10.1 Å². The Morgan fingerprint density at radius 2 is 1.97 bits per heavy atom. The second-order valence-corrected chi connectivity index (χ2v) is 7.36. The lowest BCUT2D eigenvalue weighted by Gasteiger charge is -2.10. The number of ether oxygens (including phenoxy) is 1. The average Bonchev–Trinajstić information content (AvgIpc) is 3.41. The van der Waals surface area contributed by atoms with E-state index in [-0.39, 0.29) is 5.82 Å². The maximum atomic E-state index is 13.7. The number of halogens is 3. The Hall–Kier alpha value is -2.93. The zero-order valence-electron chi connectivity index (χ0n) is 15.4. The Kier molecular flexibility index (Phi) is 5.49. The van der Waals surface area contributed by atoms with Gasteiger partial charge in [-0.2, -0.15) is 5.10 Å². The number of rotatable bonds is 7. The van der Waals surface area contributed by atoms with Gasteiger partial charge in [-0.15, -0.1) is 0 Å². The molecule has 8 heteroatoms. The first-order valence-corrected chi connectivity index (χ1v) is 9.57. The quantitative estimate of drug-likeness (QED) is 0.594. The molecule has 1 amide bonds.